The van der Waals surface area contributed by atoms with Gasteiger partial charge in [0, 0.05) is 40.4 Å². The lowest BCUT2D eigenvalue weighted by Crippen LogP contribution is -2.73. The molecule has 1 saturated heterocycles. The number of carbonyl (C=O) groups excluding carboxylic acids is 1. The Bertz CT molecular complexity index is 1070. The molecule has 7 atom stereocenters. The maximum absolute atomic E-state index is 12.7. The van der Waals surface area contributed by atoms with E-state index in [9.17, 15) is 9.90 Å². The average molecular weight is 467 g/mol. The summed E-state index contributed by atoms with van der Waals surface area (Å²) in [6, 6.07) is 7.03. The Labute approximate surface area is 200 Å². The summed E-state index contributed by atoms with van der Waals surface area (Å²) in [6.07, 6.45) is 10.3. The van der Waals surface area contributed by atoms with E-state index in [1.165, 1.54) is 0 Å². The third-order valence-electron chi connectivity index (χ3n) is 10.0. The van der Waals surface area contributed by atoms with E-state index < -0.39 is 11.2 Å². The van der Waals surface area contributed by atoms with Crippen molar-refractivity contribution in [2.45, 2.75) is 76.1 Å². The molecule has 0 unspecified atom stereocenters. The second-order valence-corrected chi connectivity index (χ2v) is 11.4. The van der Waals surface area contributed by atoms with E-state index in [1.807, 2.05) is 0 Å². The number of hydrazone groups is 1. The van der Waals surface area contributed by atoms with Gasteiger partial charge in [-0.1, -0.05) is 19.9 Å². The summed E-state index contributed by atoms with van der Waals surface area (Å²) in [5, 5.41) is 15.0. The van der Waals surface area contributed by atoms with Crippen LogP contribution in [0.4, 0.5) is 0 Å². The van der Waals surface area contributed by atoms with Gasteiger partial charge in [-0.05, 0) is 68.9 Å². The van der Waals surface area contributed by atoms with E-state index in [0.717, 1.165) is 44.2 Å². The zero-order chi connectivity index (χ0) is 23.8. The lowest BCUT2D eigenvalue weighted by atomic mass is 9.43. The monoisotopic (exact) mass is 466 g/mol. The number of aliphatic hydroxyl groups is 1. The molecule has 2 N–H and O–H groups in total. The van der Waals surface area contributed by atoms with E-state index in [4.69, 9.17) is 14.5 Å². The predicted octanol–water partition coefficient (Wildman–Crippen LogP) is 4.17. The topological polar surface area (TPSA) is 89.4 Å². The van der Waals surface area contributed by atoms with Crippen molar-refractivity contribution < 1.29 is 24.4 Å². The number of rotatable bonds is 3. The smallest absolute Gasteiger partial charge is 0.271 e. The highest BCUT2D eigenvalue weighted by Gasteiger charge is 2.74. The first kappa shape index (κ1) is 22.3. The zero-order valence-electron chi connectivity index (χ0n) is 20.2. The third kappa shape index (κ3) is 2.80. The molecule has 2 spiro atoms. The molecule has 7 heteroatoms. The van der Waals surface area contributed by atoms with Crippen LogP contribution in [-0.4, -0.2) is 41.1 Å². The number of amides is 1. The zero-order valence-corrected chi connectivity index (χ0v) is 20.2. The summed E-state index contributed by atoms with van der Waals surface area (Å²) in [6.45, 7) is 4.61. The number of fused-ring (bicyclic) bond motifs is 2. The molecule has 0 radical (unpaired) electrons. The first-order valence-corrected chi connectivity index (χ1v) is 12.5. The molecule has 3 saturated carbocycles. The quantitative estimate of drug-likeness (QED) is 0.397. The van der Waals surface area contributed by atoms with Crippen LogP contribution >= 0.6 is 0 Å². The van der Waals surface area contributed by atoms with E-state index in [0.29, 0.717) is 23.7 Å². The maximum Gasteiger partial charge on any atom is 0.271 e. The predicted molar refractivity (Wildman–Crippen MR) is 126 cm³/mol. The van der Waals surface area contributed by atoms with Crippen molar-refractivity contribution >= 4 is 11.6 Å². The van der Waals surface area contributed by atoms with E-state index >= 15 is 0 Å². The van der Waals surface area contributed by atoms with Crippen molar-refractivity contribution in [3.05, 3.63) is 42.0 Å². The van der Waals surface area contributed by atoms with Crippen molar-refractivity contribution in [3.8, 4) is 5.75 Å². The molecule has 2 aliphatic heterocycles. The highest BCUT2D eigenvalue weighted by molar-refractivity contribution is 5.97. The van der Waals surface area contributed by atoms with Gasteiger partial charge in [-0.15, -0.1) is 0 Å². The first-order valence-electron chi connectivity index (χ1n) is 12.5. The lowest BCUT2D eigenvalue weighted by Gasteiger charge is -2.69. The summed E-state index contributed by atoms with van der Waals surface area (Å²) < 4.78 is 5.18. The minimum absolute atomic E-state index is 0.0525. The van der Waals surface area contributed by atoms with E-state index in [-0.39, 0.29) is 28.8 Å². The number of nitrogens with one attached hydrogen (secondary N) is 1. The van der Waals surface area contributed by atoms with Crippen molar-refractivity contribution in [1.29, 1.82) is 0 Å². The van der Waals surface area contributed by atoms with E-state index in [1.54, 1.807) is 31.4 Å². The Morgan fingerprint density at radius 1 is 1.09 bits per heavy atom. The van der Waals surface area contributed by atoms with Gasteiger partial charge in [-0.2, -0.15) is 5.10 Å². The number of aliphatic hydroxyl groups excluding tert-OH is 1. The first-order chi connectivity index (χ1) is 16.3. The second kappa shape index (κ2) is 7.39. The summed E-state index contributed by atoms with van der Waals surface area (Å²) in [4.78, 5) is 25.2. The van der Waals surface area contributed by atoms with Crippen molar-refractivity contribution in [3.63, 3.8) is 0 Å². The number of carbonyl (C=O) groups is 1. The molecule has 1 aromatic carbocycles. The van der Waals surface area contributed by atoms with Crippen LogP contribution in [0.15, 0.2) is 41.5 Å². The largest absolute Gasteiger partial charge is 0.497 e. The standard InChI is InChI=1S/C27H34N2O5/c1-24-12-11-21-25(2)13-10-18(30)16-26(25)14-15-27(21,34-33-26)20(24)8-9-22(24)28-29-23(31)17-4-6-19(32-3)7-5-17/h4-7,14-15,18,20-21,30H,8-13,16H2,1-3H3,(H,29,31)/b28-22+/t18-,20+,21+,24-,25+,26+,27-/m0/s1. The van der Waals surface area contributed by atoms with Crippen LogP contribution in [0.2, 0.25) is 0 Å². The molecule has 34 heavy (non-hydrogen) atoms. The van der Waals surface area contributed by atoms with Crippen molar-refractivity contribution in [1.82, 2.24) is 5.43 Å². The van der Waals surface area contributed by atoms with Crippen LogP contribution in [0, 0.1) is 22.7 Å². The van der Waals surface area contributed by atoms with Gasteiger partial charge >= 0.3 is 0 Å². The lowest BCUT2D eigenvalue weighted by molar-refractivity contribution is -0.496. The highest BCUT2D eigenvalue weighted by Crippen LogP contribution is 2.70. The number of ether oxygens (including phenoxy) is 1. The fraction of sp³-hybridized carbons (Fsp3) is 0.630. The van der Waals surface area contributed by atoms with Gasteiger partial charge in [0.1, 0.15) is 17.0 Å². The van der Waals surface area contributed by atoms with Crippen molar-refractivity contribution in [2.24, 2.45) is 27.8 Å². The van der Waals surface area contributed by atoms with Crippen LogP contribution in [0.25, 0.3) is 0 Å². The number of methoxy groups -OCH3 is 1. The Balaban J connectivity index is 1.27. The van der Waals surface area contributed by atoms with Gasteiger partial charge < -0.3 is 9.84 Å². The number of hydrogen-bond donors (Lipinski definition) is 2. The Morgan fingerprint density at radius 3 is 2.59 bits per heavy atom. The molecular weight excluding hydrogens is 432 g/mol. The molecular formula is C27H34N2O5. The molecule has 6 aliphatic rings. The molecule has 4 aliphatic carbocycles. The Morgan fingerprint density at radius 2 is 1.88 bits per heavy atom. The SMILES string of the molecule is COc1ccc(C(=O)N/N=C2\CC[C@H]3[C@@]45C=C[C@]6(C[C@@H](O)CC[C@]6(C)[C@H]4CC[C@]23C)OO5)cc1. The van der Waals surface area contributed by atoms with Gasteiger partial charge in [0.05, 0.1) is 13.2 Å². The van der Waals surface area contributed by atoms with E-state index in [2.05, 4.69) is 36.5 Å². The maximum atomic E-state index is 12.7. The molecule has 182 valence electrons. The van der Waals surface area contributed by atoms with Gasteiger partial charge in [0.15, 0.2) is 0 Å². The van der Waals surface area contributed by atoms with Crippen molar-refractivity contribution in [2.75, 3.05) is 7.11 Å². The van der Waals surface area contributed by atoms with Gasteiger partial charge in [-0.3, -0.25) is 4.79 Å². The number of hydrogen-bond acceptors (Lipinski definition) is 6. The molecule has 7 nitrogen and oxygen atoms in total. The molecule has 4 fully saturated rings. The average Bonchev–Trinajstić information content (AvgIpc) is 3.19. The normalized spacial score (nSPS) is 45.4. The second-order valence-electron chi connectivity index (χ2n) is 11.4. The molecule has 2 bridgehead atoms. The summed E-state index contributed by atoms with van der Waals surface area (Å²) in [5.74, 6) is 1.07. The fourth-order valence-electron chi connectivity index (χ4n) is 8.00. The van der Waals surface area contributed by atoms with Gasteiger partial charge in [0.2, 0.25) is 0 Å². The Hall–Kier alpha value is -2.22. The van der Waals surface area contributed by atoms with Crippen LogP contribution in [0.5, 0.6) is 5.75 Å². The molecule has 0 aromatic heterocycles. The fourth-order valence-corrected chi connectivity index (χ4v) is 8.00. The summed E-state index contributed by atoms with van der Waals surface area (Å²) in [7, 11) is 1.60. The van der Waals surface area contributed by atoms with Gasteiger partial charge in [-0.25, -0.2) is 15.2 Å². The minimum atomic E-state index is -0.535. The molecule has 1 aromatic rings. The van der Waals surface area contributed by atoms with Crippen LogP contribution < -0.4 is 10.2 Å². The van der Waals surface area contributed by atoms with Crippen LogP contribution in [0.3, 0.4) is 0 Å². The minimum Gasteiger partial charge on any atom is -0.497 e. The number of nitrogens with zero attached hydrogens (tertiary/aromatic N) is 1. The Kier molecular flexibility index (Phi) is 4.84. The van der Waals surface area contributed by atoms with Crippen LogP contribution in [-0.2, 0) is 9.78 Å². The number of benzene rings is 1. The highest BCUT2D eigenvalue weighted by atomic mass is 17.2. The van der Waals surface area contributed by atoms with Crippen LogP contribution in [0.1, 0.15) is 69.2 Å². The molecule has 7 rings (SSSR count). The molecule has 2 heterocycles. The summed E-state index contributed by atoms with van der Waals surface area (Å²) >= 11 is 0. The third-order valence-corrected chi connectivity index (χ3v) is 10.0. The molecule has 1 amide bonds. The summed E-state index contributed by atoms with van der Waals surface area (Å²) in [5.41, 5.74) is 3.15. The van der Waals surface area contributed by atoms with Gasteiger partial charge in [0.25, 0.3) is 5.91 Å².